The molecule has 0 saturated carbocycles. The van der Waals surface area contributed by atoms with Crippen LogP contribution < -0.4 is 59.7 Å². The molecule has 1 heterocycles. The van der Waals surface area contributed by atoms with Crippen molar-refractivity contribution in [3.63, 3.8) is 0 Å². The van der Waals surface area contributed by atoms with Gasteiger partial charge in [-0.05, 0) is 64.7 Å². The maximum Gasteiger partial charge on any atom is 0.245 e. The Balaban J connectivity index is 3.35. The number of nitrogens with zero attached hydrogens (tertiary/aromatic N) is 3. The molecule has 0 bridgehead atoms. The van der Waals surface area contributed by atoms with Crippen LogP contribution in [0.25, 0.3) is 0 Å². The molecule has 0 aliphatic carbocycles. The summed E-state index contributed by atoms with van der Waals surface area (Å²) in [6, 6.07) is -9.36. The van der Waals surface area contributed by atoms with Gasteiger partial charge in [-0.2, -0.15) is 12.6 Å². The number of thiol groups is 1. The van der Waals surface area contributed by atoms with Gasteiger partial charge in [-0.25, -0.2) is 0 Å². The minimum Gasteiger partial charge on any atom is -0.394 e. The number of hydrogen-bond acceptors (Lipinski definition) is 14. The average Bonchev–Trinajstić information content (AvgIpc) is 3.79. The molecule has 11 amide bonds. The number of amides is 11. The van der Waals surface area contributed by atoms with Gasteiger partial charge in [0, 0.05) is 44.8 Å². The number of primary amides is 1. The maximum atomic E-state index is 14.1. The van der Waals surface area contributed by atoms with E-state index >= 15 is 0 Å². The normalized spacial score (nSPS) is 16.3. The Morgan fingerprint density at radius 3 is 1.90 bits per heavy atom. The molecule has 15 N–H and O–H groups in total. The highest BCUT2D eigenvalue weighted by molar-refractivity contribution is 7.81. The Morgan fingerprint density at radius 1 is 0.775 bits per heavy atom. The van der Waals surface area contributed by atoms with E-state index in [1.54, 1.807) is 34.6 Å². The van der Waals surface area contributed by atoms with Crippen molar-refractivity contribution < 1.29 is 57.8 Å². The van der Waals surface area contributed by atoms with Crippen molar-refractivity contribution in [3.8, 4) is 0 Å². The molecule has 1 aliphatic heterocycles. The van der Waals surface area contributed by atoms with Crippen LogP contribution in [0.4, 0.5) is 0 Å². The van der Waals surface area contributed by atoms with Gasteiger partial charge in [-0.15, -0.1) is 0 Å². The second-order valence-corrected chi connectivity index (χ2v) is 19.5. The molecule has 1 saturated heterocycles. The SMILES string of the molecule is CCNC(=O)[C@@H]1CCCN1C(=O)[C@H](CCCN=C(N)N)NC(=O)[C@@H](NC(=O)[C@H](CCC(N)=O)NC(=O)[C@H](CO)NC(=O)[C@H](NC(=O)[C@@H](NC(=O)CNC(=O)CN(C)C(C)=O)C(C)C)C(C)(C)S)[C@@H](C)CC. The zero-order valence-corrected chi connectivity index (χ0v) is 43.2. The first-order valence-corrected chi connectivity index (χ1v) is 24.1. The molecular formula is C44H78N14O12S. The van der Waals surface area contributed by atoms with Gasteiger partial charge in [0.25, 0.3) is 0 Å². The van der Waals surface area contributed by atoms with Gasteiger partial charge in [0.1, 0.15) is 42.3 Å². The third-order valence-electron chi connectivity index (χ3n) is 11.6. The zero-order chi connectivity index (χ0) is 54.3. The molecule has 0 aromatic heterocycles. The quantitative estimate of drug-likeness (QED) is 0.0139. The molecule has 8 atom stereocenters. The highest BCUT2D eigenvalue weighted by Crippen LogP contribution is 2.21. The van der Waals surface area contributed by atoms with Crippen LogP contribution in [-0.4, -0.2) is 179 Å². The lowest BCUT2D eigenvalue weighted by molar-refractivity contribution is -0.142. The number of carbonyl (C=O) groups excluding carboxylic acids is 11. The fourth-order valence-corrected chi connectivity index (χ4v) is 7.35. The number of likely N-dealkylation sites (tertiary alicyclic amines) is 1. The number of likely N-dealkylation sites (N-methyl/N-ethyl adjacent to an activating group) is 2. The van der Waals surface area contributed by atoms with Crippen LogP contribution in [-0.2, 0) is 52.7 Å². The summed E-state index contributed by atoms with van der Waals surface area (Å²) in [5, 5.41) is 30.5. The largest absolute Gasteiger partial charge is 0.394 e. The lowest BCUT2D eigenvalue weighted by Crippen LogP contribution is -2.64. The number of nitrogens with one attached hydrogen (secondary N) is 8. The van der Waals surface area contributed by atoms with Crippen molar-refractivity contribution in [1.82, 2.24) is 52.3 Å². The van der Waals surface area contributed by atoms with Crippen molar-refractivity contribution in [1.29, 1.82) is 0 Å². The van der Waals surface area contributed by atoms with Crippen LogP contribution in [0, 0.1) is 11.8 Å². The van der Waals surface area contributed by atoms with Gasteiger partial charge >= 0.3 is 0 Å². The van der Waals surface area contributed by atoms with Crippen LogP contribution in [0.3, 0.4) is 0 Å². The van der Waals surface area contributed by atoms with Crippen LogP contribution >= 0.6 is 12.6 Å². The average molecular weight is 1030 g/mol. The summed E-state index contributed by atoms with van der Waals surface area (Å²) >= 11 is 4.48. The standard InChI is InChI=1S/C44H78N14O12S/c1-10-24(5)34(40(68)52-27(14-12-18-49-43(46)47)42(70)58-19-13-15-29(58)38(66)48-11-2)55-36(64)26(16-17-30(45)61)51-37(65)28(22-59)53-41(69)35(44(7,8)71)56-39(67)33(23(3)4)54-31(62)20-50-32(63)21-57(9)25(6)60/h23-24,26-29,33-35,59,71H,10-22H2,1-9H3,(H2,45,61)(H,48,66)(H,50,63)(H,51,65)(H,52,68)(H,53,69)(H,54,62)(H,55,64)(H,56,67)(H4,46,47,49)/t24-,26-,27-,28-,29-,33-,34-,35-/m0/s1. The Hall–Kier alpha value is -6.25. The van der Waals surface area contributed by atoms with E-state index in [0.29, 0.717) is 25.8 Å². The van der Waals surface area contributed by atoms with Gasteiger partial charge < -0.3 is 74.6 Å². The van der Waals surface area contributed by atoms with Crippen LogP contribution in [0.2, 0.25) is 0 Å². The van der Waals surface area contributed by atoms with E-state index in [1.807, 2.05) is 0 Å². The number of aliphatic imine (C=N–C) groups is 1. The first kappa shape index (κ1) is 62.8. The molecule has 402 valence electrons. The Morgan fingerprint density at radius 2 is 1.37 bits per heavy atom. The van der Waals surface area contributed by atoms with E-state index in [1.165, 1.54) is 32.7 Å². The van der Waals surface area contributed by atoms with E-state index in [2.05, 4.69) is 60.2 Å². The maximum absolute atomic E-state index is 14.1. The van der Waals surface area contributed by atoms with E-state index in [9.17, 15) is 57.8 Å². The molecule has 0 radical (unpaired) electrons. The van der Waals surface area contributed by atoms with Gasteiger partial charge in [0.2, 0.25) is 65.0 Å². The molecule has 1 aliphatic rings. The number of aliphatic hydroxyl groups is 1. The minimum atomic E-state index is -1.76. The Labute approximate surface area is 420 Å². The molecule has 0 spiro atoms. The molecule has 26 nitrogen and oxygen atoms in total. The number of nitrogens with two attached hydrogens (primary N) is 3. The van der Waals surface area contributed by atoms with Crippen molar-refractivity contribution in [3.05, 3.63) is 0 Å². The van der Waals surface area contributed by atoms with Crippen LogP contribution in [0.1, 0.15) is 100 Å². The van der Waals surface area contributed by atoms with E-state index < -0.39 is 132 Å². The highest BCUT2D eigenvalue weighted by Gasteiger charge is 2.41. The van der Waals surface area contributed by atoms with E-state index in [4.69, 9.17) is 17.2 Å². The summed E-state index contributed by atoms with van der Waals surface area (Å²) in [5.74, 6) is -9.46. The van der Waals surface area contributed by atoms with Gasteiger partial charge in [-0.1, -0.05) is 34.1 Å². The molecule has 1 rings (SSSR count). The van der Waals surface area contributed by atoms with Crippen molar-refractivity contribution in [2.75, 3.05) is 46.4 Å². The molecule has 1 fully saturated rings. The summed E-state index contributed by atoms with van der Waals surface area (Å²) in [4.78, 5) is 151. The fourth-order valence-electron chi connectivity index (χ4n) is 7.17. The molecule has 0 aromatic rings. The van der Waals surface area contributed by atoms with E-state index in [-0.39, 0.29) is 56.7 Å². The first-order chi connectivity index (χ1) is 33.1. The summed E-state index contributed by atoms with van der Waals surface area (Å²) in [6.07, 6.45) is 0.789. The van der Waals surface area contributed by atoms with Gasteiger partial charge in [0.15, 0.2) is 5.96 Å². The first-order valence-electron chi connectivity index (χ1n) is 23.6. The summed E-state index contributed by atoms with van der Waals surface area (Å²) in [5.41, 5.74) is 16.3. The Kier molecular flexibility index (Phi) is 26.9. The van der Waals surface area contributed by atoms with Crippen molar-refractivity contribution >= 4 is 83.6 Å². The topological polar surface area (TPSA) is 401 Å². The zero-order valence-electron chi connectivity index (χ0n) is 42.3. The third kappa shape index (κ3) is 21.7. The highest BCUT2D eigenvalue weighted by atomic mass is 32.1. The third-order valence-corrected chi connectivity index (χ3v) is 11.8. The lowest BCUT2D eigenvalue weighted by atomic mass is 9.96. The predicted octanol–water partition coefficient (Wildman–Crippen LogP) is -4.66. The summed E-state index contributed by atoms with van der Waals surface area (Å²) in [7, 11) is 1.40. The lowest BCUT2D eigenvalue weighted by Gasteiger charge is -2.33. The Bertz CT molecular complexity index is 1930. The molecular weight excluding hydrogens is 949 g/mol. The predicted molar refractivity (Wildman–Crippen MR) is 264 cm³/mol. The number of aliphatic hydroxyl groups excluding tert-OH is 1. The van der Waals surface area contributed by atoms with Gasteiger partial charge in [-0.3, -0.25) is 57.7 Å². The van der Waals surface area contributed by atoms with Crippen LogP contribution in [0.5, 0.6) is 0 Å². The monoisotopic (exact) mass is 1030 g/mol. The van der Waals surface area contributed by atoms with E-state index in [0.717, 1.165) is 4.90 Å². The molecule has 0 unspecified atom stereocenters. The second-order valence-electron chi connectivity index (χ2n) is 18.3. The molecule has 27 heteroatoms. The summed E-state index contributed by atoms with van der Waals surface area (Å²) < 4.78 is -1.34. The van der Waals surface area contributed by atoms with Crippen molar-refractivity contribution in [2.24, 2.45) is 34.0 Å². The smallest absolute Gasteiger partial charge is 0.245 e. The summed E-state index contributed by atoms with van der Waals surface area (Å²) in [6.45, 7) is 11.4. The number of carbonyl (C=O) groups is 11. The number of hydrogen-bond donors (Lipinski definition) is 13. The second kappa shape index (κ2) is 30.5. The minimum absolute atomic E-state index is 0.0561. The fraction of sp³-hybridized carbons (Fsp3) is 0.727. The number of guanidine groups is 1. The van der Waals surface area contributed by atoms with Crippen LogP contribution in [0.15, 0.2) is 4.99 Å². The number of rotatable bonds is 30. The van der Waals surface area contributed by atoms with Crippen molar-refractivity contribution in [2.45, 2.75) is 147 Å². The molecule has 0 aromatic carbocycles. The molecule has 71 heavy (non-hydrogen) atoms. The van der Waals surface area contributed by atoms with Gasteiger partial charge in [0.05, 0.1) is 19.7 Å².